The molecule has 5 heteroatoms. The SMILES string of the molecule is CC(Oc1cccc(-c2nn[nH]n2)c1)c1ccccc1. The molecule has 100 valence electrons. The smallest absolute Gasteiger partial charge is 0.204 e. The summed E-state index contributed by atoms with van der Waals surface area (Å²) in [6.07, 6.45) is -0.0169. The predicted octanol–water partition coefficient (Wildman–Crippen LogP) is 3.01. The number of benzene rings is 2. The molecule has 1 N–H and O–H groups in total. The highest BCUT2D eigenvalue weighted by atomic mass is 16.5. The lowest BCUT2D eigenvalue weighted by molar-refractivity contribution is 0.227. The minimum Gasteiger partial charge on any atom is -0.486 e. The zero-order valence-electron chi connectivity index (χ0n) is 11.0. The number of H-pyrrole nitrogens is 1. The van der Waals surface area contributed by atoms with Crippen molar-refractivity contribution in [3.63, 3.8) is 0 Å². The van der Waals surface area contributed by atoms with E-state index in [1.807, 2.05) is 61.5 Å². The van der Waals surface area contributed by atoms with E-state index in [0.29, 0.717) is 5.82 Å². The average molecular weight is 266 g/mol. The molecule has 0 radical (unpaired) electrons. The Morgan fingerprint density at radius 3 is 2.65 bits per heavy atom. The van der Waals surface area contributed by atoms with E-state index < -0.39 is 0 Å². The number of hydrogen-bond acceptors (Lipinski definition) is 4. The first-order chi connectivity index (χ1) is 9.83. The molecule has 0 saturated heterocycles. The number of tetrazole rings is 1. The fourth-order valence-electron chi connectivity index (χ4n) is 1.99. The Balaban J connectivity index is 1.80. The summed E-state index contributed by atoms with van der Waals surface area (Å²) >= 11 is 0. The van der Waals surface area contributed by atoms with Crippen LogP contribution in [0.4, 0.5) is 0 Å². The third-order valence-corrected chi connectivity index (χ3v) is 3.02. The maximum atomic E-state index is 5.95. The first-order valence-corrected chi connectivity index (χ1v) is 6.38. The number of rotatable bonds is 4. The lowest BCUT2D eigenvalue weighted by Gasteiger charge is -2.15. The minimum absolute atomic E-state index is 0.0169. The van der Waals surface area contributed by atoms with Crippen LogP contribution >= 0.6 is 0 Å². The second-order valence-electron chi connectivity index (χ2n) is 4.43. The summed E-state index contributed by atoms with van der Waals surface area (Å²) in [4.78, 5) is 0. The van der Waals surface area contributed by atoms with Crippen LogP contribution in [0.25, 0.3) is 11.4 Å². The van der Waals surface area contributed by atoms with E-state index in [2.05, 4.69) is 20.6 Å². The van der Waals surface area contributed by atoms with Gasteiger partial charge in [-0.3, -0.25) is 0 Å². The van der Waals surface area contributed by atoms with Gasteiger partial charge in [-0.25, -0.2) is 0 Å². The minimum atomic E-state index is -0.0169. The summed E-state index contributed by atoms with van der Waals surface area (Å²) in [5, 5.41) is 13.9. The molecule has 1 atom stereocenters. The normalized spacial score (nSPS) is 12.1. The van der Waals surface area contributed by atoms with Crippen LogP contribution < -0.4 is 4.74 Å². The highest BCUT2D eigenvalue weighted by molar-refractivity contribution is 5.56. The maximum Gasteiger partial charge on any atom is 0.204 e. The number of ether oxygens (including phenoxy) is 1. The van der Waals surface area contributed by atoms with Crippen molar-refractivity contribution in [2.75, 3.05) is 0 Å². The third-order valence-electron chi connectivity index (χ3n) is 3.02. The Kier molecular flexibility index (Phi) is 3.41. The number of aromatic amines is 1. The zero-order chi connectivity index (χ0) is 13.8. The molecule has 0 aliphatic rings. The van der Waals surface area contributed by atoms with Crippen LogP contribution in [0.1, 0.15) is 18.6 Å². The van der Waals surface area contributed by atoms with Crippen LogP contribution in [-0.4, -0.2) is 20.6 Å². The van der Waals surface area contributed by atoms with Crippen molar-refractivity contribution in [3.05, 3.63) is 60.2 Å². The predicted molar refractivity (Wildman–Crippen MR) is 75.1 cm³/mol. The fraction of sp³-hybridized carbons (Fsp3) is 0.133. The molecule has 0 bridgehead atoms. The zero-order valence-corrected chi connectivity index (χ0v) is 11.0. The lowest BCUT2D eigenvalue weighted by Crippen LogP contribution is -2.02. The van der Waals surface area contributed by atoms with Gasteiger partial charge >= 0.3 is 0 Å². The molecule has 20 heavy (non-hydrogen) atoms. The van der Waals surface area contributed by atoms with Gasteiger partial charge in [0.25, 0.3) is 0 Å². The van der Waals surface area contributed by atoms with Crippen molar-refractivity contribution in [1.29, 1.82) is 0 Å². The molecule has 0 fully saturated rings. The van der Waals surface area contributed by atoms with Gasteiger partial charge in [0, 0.05) is 5.56 Å². The molecular weight excluding hydrogens is 252 g/mol. The van der Waals surface area contributed by atoms with Gasteiger partial charge in [0.15, 0.2) is 0 Å². The maximum absolute atomic E-state index is 5.95. The number of hydrogen-bond donors (Lipinski definition) is 1. The van der Waals surface area contributed by atoms with Gasteiger partial charge in [-0.1, -0.05) is 42.5 Å². The molecule has 1 aromatic heterocycles. The number of nitrogens with zero attached hydrogens (tertiary/aromatic N) is 3. The second-order valence-corrected chi connectivity index (χ2v) is 4.43. The van der Waals surface area contributed by atoms with Crippen molar-refractivity contribution >= 4 is 0 Å². The largest absolute Gasteiger partial charge is 0.486 e. The van der Waals surface area contributed by atoms with E-state index in [9.17, 15) is 0 Å². The van der Waals surface area contributed by atoms with Crippen LogP contribution in [0, 0.1) is 0 Å². The van der Waals surface area contributed by atoms with Crippen molar-refractivity contribution in [3.8, 4) is 17.1 Å². The first-order valence-electron chi connectivity index (χ1n) is 6.38. The molecule has 1 heterocycles. The van der Waals surface area contributed by atoms with Crippen molar-refractivity contribution in [2.45, 2.75) is 13.0 Å². The number of nitrogens with one attached hydrogen (secondary N) is 1. The van der Waals surface area contributed by atoms with Crippen LogP contribution in [0.2, 0.25) is 0 Å². The molecule has 3 aromatic rings. The Labute approximate surface area is 116 Å². The summed E-state index contributed by atoms with van der Waals surface area (Å²) < 4.78 is 5.95. The molecule has 0 aliphatic carbocycles. The van der Waals surface area contributed by atoms with Gasteiger partial charge in [-0.05, 0) is 29.8 Å². The average Bonchev–Trinajstić information content (AvgIpc) is 3.03. The van der Waals surface area contributed by atoms with Gasteiger partial charge in [0.2, 0.25) is 5.82 Å². The van der Waals surface area contributed by atoms with Crippen LogP contribution in [-0.2, 0) is 0 Å². The van der Waals surface area contributed by atoms with Crippen molar-refractivity contribution < 1.29 is 4.74 Å². The van der Waals surface area contributed by atoms with Crippen LogP contribution in [0.15, 0.2) is 54.6 Å². The topological polar surface area (TPSA) is 63.7 Å². The van der Waals surface area contributed by atoms with E-state index in [1.54, 1.807) is 0 Å². The van der Waals surface area contributed by atoms with Crippen LogP contribution in [0.5, 0.6) is 5.75 Å². The highest BCUT2D eigenvalue weighted by Crippen LogP contribution is 2.25. The van der Waals surface area contributed by atoms with E-state index in [1.165, 1.54) is 0 Å². The monoisotopic (exact) mass is 266 g/mol. The van der Waals surface area contributed by atoms with E-state index in [0.717, 1.165) is 16.9 Å². The standard InChI is InChI=1S/C15H14N4O/c1-11(12-6-3-2-4-7-12)20-14-9-5-8-13(10-14)15-16-18-19-17-15/h2-11H,1H3,(H,16,17,18,19). The quantitative estimate of drug-likeness (QED) is 0.788. The van der Waals surface area contributed by atoms with Gasteiger partial charge in [0.1, 0.15) is 11.9 Å². The summed E-state index contributed by atoms with van der Waals surface area (Å²) in [5.41, 5.74) is 2.01. The summed E-state index contributed by atoms with van der Waals surface area (Å²) in [6.45, 7) is 2.02. The van der Waals surface area contributed by atoms with E-state index in [4.69, 9.17) is 4.74 Å². The third kappa shape index (κ3) is 2.66. The molecule has 0 saturated carbocycles. The lowest BCUT2D eigenvalue weighted by atomic mass is 10.1. The molecular formula is C15H14N4O. The second kappa shape index (κ2) is 5.52. The molecule has 2 aromatic carbocycles. The number of aromatic nitrogens is 4. The van der Waals surface area contributed by atoms with E-state index in [-0.39, 0.29) is 6.10 Å². The van der Waals surface area contributed by atoms with Gasteiger partial charge in [0.05, 0.1) is 0 Å². The van der Waals surface area contributed by atoms with E-state index >= 15 is 0 Å². The first kappa shape index (κ1) is 12.3. The van der Waals surface area contributed by atoms with Crippen LogP contribution in [0.3, 0.4) is 0 Å². The summed E-state index contributed by atoms with van der Waals surface area (Å²) in [6, 6.07) is 17.8. The summed E-state index contributed by atoms with van der Waals surface area (Å²) in [5.74, 6) is 1.34. The molecule has 3 rings (SSSR count). The van der Waals surface area contributed by atoms with Gasteiger partial charge < -0.3 is 4.74 Å². The molecule has 5 nitrogen and oxygen atoms in total. The Morgan fingerprint density at radius 1 is 1.05 bits per heavy atom. The van der Waals surface area contributed by atoms with Gasteiger partial charge in [-0.2, -0.15) is 5.21 Å². The van der Waals surface area contributed by atoms with Crippen molar-refractivity contribution in [2.24, 2.45) is 0 Å². The molecule has 1 unspecified atom stereocenters. The Hall–Kier alpha value is -2.69. The Morgan fingerprint density at radius 2 is 1.90 bits per heavy atom. The molecule has 0 spiro atoms. The highest BCUT2D eigenvalue weighted by Gasteiger charge is 2.08. The summed E-state index contributed by atoms with van der Waals surface area (Å²) in [7, 11) is 0. The molecule has 0 amide bonds. The molecule has 0 aliphatic heterocycles. The van der Waals surface area contributed by atoms with Gasteiger partial charge in [-0.15, -0.1) is 10.2 Å². The van der Waals surface area contributed by atoms with Crippen molar-refractivity contribution in [1.82, 2.24) is 20.6 Å². The fourth-order valence-corrected chi connectivity index (χ4v) is 1.99. The Bertz CT molecular complexity index is 667.